The maximum Gasteiger partial charge on any atom is 0.263 e. The Bertz CT molecular complexity index is 1530. The van der Waals surface area contributed by atoms with E-state index < -0.39 is 5.82 Å². The summed E-state index contributed by atoms with van der Waals surface area (Å²) in [6.45, 7) is 3.97. The van der Waals surface area contributed by atoms with E-state index in [-0.39, 0.29) is 23.6 Å². The summed E-state index contributed by atoms with van der Waals surface area (Å²) in [5, 5.41) is 1.47. The minimum Gasteiger partial charge on any atom is -0.493 e. The third kappa shape index (κ3) is 3.73. The highest BCUT2D eigenvalue weighted by atomic mass is 19.1. The molecule has 8 heteroatoms. The molecule has 1 saturated carbocycles. The molecule has 0 bridgehead atoms. The Labute approximate surface area is 202 Å². The van der Waals surface area contributed by atoms with Crippen LogP contribution >= 0.6 is 0 Å². The molecule has 0 unspecified atom stereocenters. The van der Waals surface area contributed by atoms with Gasteiger partial charge in [-0.3, -0.25) is 14.2 Å². The van der Waals surface area contributed by atoms with E-state index in [1.54, 1.807) is 16.7 Å². The predicted molar refractivity (Wildman–Crippen MR) is 133 cm³/mol. The van der Waals surface area contributed by atoms with Crippen LogP contribution in [0, 0.1) is 5.82 Å². The zero-order chi connectivity index (χ0) is 25.0. The average Bonchev–Trinajstić information content (AvgIpc) is 3.59. The van der Waals surface area contributed by atoms with Crippen molar-refractivity contribution in [1.29, 1.82) is 0 Å². The van der Waals surface area contributed by atoms with E-state index in [2.05, 4.69) is 0 Å². The highest BCUT2D eigenvalue weighted by Gasteiger charge is 2.36. The van der Waals surface area contributed by atoms with Crippen molar-refractivity contribution in [1.82, 2.24) is 14.0 Å². The van der Waals surface area contributed by atoms with E-state index in [0.29, 0.717) is 44.4 Å². The number of ether oxygens (including phenoxy) is 2. The predicted octanol–water partition coefficient (Wildman–Crippen LogP) is 4.65. The number of aromatic nitrogens is 2. The molecule has 1 amide bonds. The lowest BCUT2D eigenvalue weighted by atomic mass is 10.0. The topological polar surface area (TPSA) is 65.7 Å². The van der Waals surface area contributed by atoms with Crippen molar-refractivity contribution < 1.29 is 18.7 Å². The van der Waals surface area contributed by atoms with Crippen LogP contribution in [0.1, 0.15) is 37.0 Å². The number of carbonyl (C=O) groups is 1. The largest absolute Gasteiger partial charge is 0.493 e. The molecule has 5 rings (SSSR count). The van der Waals surface area contributed by atoms with Crippen LogP contribution in [-0.4, -0.2) is 46.2 Å². The van der Waals surface area contributed by atoms with Gasteiger partial charge in [-0.2, -0.15) is 0 Å². The van der Waals surface area contributed by atoms with Gasteiger partial charge >= 0.3 is 0 Å². The summed E-state index contributed by atoms with van der Waals surface area (Å²) in [6, 6.07) is 8.00. The minimum atomic E-state index is -0.469. The van der Waals surface area contributed by atoms with Crippen LogP contribution in [0.4, 0.5) is 4.39 Å². The molecule has 0 N–H and O–H groups in total. The molecule has 0 aliphatic heterocycles. The van der Waals surface area contributed by atoms with Crippen molar-refractivity contribution in [2.75, 3.05) is 14.2 Å². The normalized spacial score (nSPS) is 13.6. The van der Waals surface area contributed by atoms with E-state index >= 15 is 0 Å². The van der Waals surface area contributed by atoms with Crippen molar-refractivity contribution >= 4 is 27.6 Å². The van der Waals surface area contributed by atoms with Crippen LogP contribution in [0.3, 0.4) is 0 Å². The van der Waals surface area contributed by atoms with Gasteiger partial charge in [0.15, 0.2) is 11.5 Å². The molecule has 0 atom stereocenters. The Morgan fingerprint density at radius 3 is 2.31 bits per heavy atom. The van der Waals surface area contributed by atoms with E-state index in [1.165, 1.54) is 37.1 Å². The summed E-state index contributed by atoms with van der Waals surface area (Å²) in [5.74, 6) is 0.155. The molecular weight excluding hydrogens is 449 g/mol. The molecule has 0 radical (unpaired) electrons. The van der Waals surface area contributed by atoms with Gasteiger partial charge in [0.2, 0.25) is 0 Å². The average molecular weight is 478 g/mol. The molecule has 1 aliphatic carbocycles. The van der Waals surface area contributed by atoms with Gasteiger partial charge in [0.25, 0.3) is 11.5 Å². The fraction of sp³-hybridized carbons (Fsp3) is 0.333. The number of halogens is 1. The quantitative estimate of drug-likeness (QED) is 0.406. The molecule has 2 aromatic heterocycles. The summed E-state index contributed by atoms with van der Waals surface area (Å²) in [5.41, 5.74) is 0.998. The highest BCUT2D eigenvalue weighted by molar-refractivity contribution is 6.08. The van der Waals surface area contributed by atoms with Crippen LogP contribution in [0.15, 0.2) is 47.5 Å². The first-order valence-corrected chi connectivity index (χ1v) is 11.6. The van der Waals surface area contributed by atoms with Gasteiger partial charge in [-0.15, -0.1) is 0 Å². The number of hydrogen-bond donors (Lipinski definition) is 0. The van der Waals surface area contributed by atoms with E-state index in [9.17, 15) is 14.0 Å². The first-order valence-electron chi connectivity index (χ1n) is 11.6. The molecule has 2 heterocycles. The fourth-order valence-corrected chi connectivity index (χ4v) is 4.85. The van der Waals surface area contributed by atoms with Crippen molar-refractivity contribution in [3.8, 4) is 17.2 Å². The maximum absolute atomic E-state index is 14.7. The number of rotatable bonds is 6. The standard InChI is InChI=1S/C27H28FN3O4/c1-15(2)31(17-6-7-17)27(33)21-14-30(23-11-16(28)10-22-18(23)8-9-29(22)3)26(32)20-13-25(35-5)24(34-4)12-19(20)21/h8-15,17H,6-7H2,1-5H3. The molecule has 7 nitrogen and oxygen atoms in total. The van der Waals surface area contributed by atoms with Crippen LogP contribution in [-0.2, 0) is 7.05 Å². The highest BCUT2D eigenvalue weighted by Crippen LogP contribution is 2.36. The smallest absolute Gasteiger partial charge is 0.263 e. The molecule has 2 aromatic carbocycles. The Morgan fingerprint density at radius 2 is 1.71 bits per heavy atom. The third-order valence-electron chi connectivity index (χ3n) is 6.69. The minimum absolute atomic E-state index is 0.0134. The molecule has 1 fully saturated rings. The van der Waals surface area contributed by atoms with Gasteiger partial charge in [-0.25, -0.2) is 4.39 Å². The van der Waals surface area contributed by atoms with Crippen molar-refractivity contribution in [2.45, 2.75) is 38.8 Å². The number of aryl methyl sites for hydroxylation is 1. The lowest BCUT2D eigenvalue weighted by Gasteiger charge is -2.27. The number of benzene rings is 2. The van der Waals surface area contributed by atoms with Gasteiger partial charge in [-0.05, 0) is 57.0 Å². The zero-order valence-corrected chi connectivity index (χ0v) is 20.5. The summed E-state index contributed by atoms with van der Waals surface area (Å²) in [4.78, 5) is 29.6. The van der Waals surface area contributed by atoms with Crippen molar-refractivity contribution in [3.05, 3.63) is 64.5 Å². The van der Waals surface area contributed by atoms with E-state index in [1.807, 2.05) is 38.1 Å². The maximum atomic E-state index is 14.7. The van der Waals surface area contributed by atoms with Gasteiger partial charge in [-0.1, -0.05) is 0 Å². The second-order valence-electron chi connectivity index (χ2n) is 9.29. The van der Waals surface area contributed by atoms with Gasteiger partial charge < -0.3 is 18.9 Å². The number of amides is 1. The Balaban J connectivity index is 1.86. The number of carbonyl (C=O) groups excluding carboxylic acids is 1. The lowest BCUT2D eigenvalue weighted by Crippen LogP contribution is -2.39. The van der Waals surface area contributed by atoms with E-state index in [0.717, 1.165) is 12.8 Å². The van der Waals surface area contributed by atoms with Gasteiger partial charge in [0, 0.05) is 42.3 Å². The molecular formula is C27H28FN3O4. The fourth-order valence-electron chi connectivity index (χ4n) is 4.85. The van der Waals surface area contributed by atoms with Crippen molar-refractivity contribution in [2.24, 2.45) is 7.05 Å². The van der Waals surface area contributed by atoms with Crippen LogP contribution in [0.2, 0.25) is 0 Å². The summed E-state index contributed by atoms with van der Waals surface area (Å²) < 4.78 is 28.7. The van der Waals surface area contributed by atoms with E-state index in [4.69, 9.17) is 9.47 Å². The molecule has 0 saturated heterocycles. The van der Waals surface area contributed by atoms with Gasteiger partial charge in [0.05, 0.1) is 36.4 Å². The number of pyridine rings is 1. The van der Waals surface area contributed by atoms with Crippen LogP contribution in [0.5, 0.6) is 11.5 Å². The van der Waals surface area contributed by atoms with Gasteiger partial charge in [0.1, 0.15) is 5.82 Å². The second-order valence-corrected chi connectivity index (χ2v) is 9.29. The molecule has 35 heavy (non-hydrogen) atoms. The summed E-state index contributed by atoms with van der Waals surface area (Å²) >= 11 is 0. The Morgan fingerprint density at radius 1 is 1.06 bits per heavy atom. The first-order chi connectivity index (χ1) is 16.7. The van der Waals surface area contributed by atoms with Crippen LogP contribution in [0.25, 0.3) is 27.4 Å². The molecule has 0 spiro atoms. The summed E-state index contributed by atoms with van der Waals surface area (Å²) in [6.07, 6.45) is 5.26. The first kappa shape index (κ1) is 23.0. The molecule has 1 aliphatic rings. The second kappa shape index (κ2) is 8.45. The Hall–Kier alpha value is -3.81. The molecule has 4 aromatic rings. The Kier molecular flexibility index (Phi) is 5.54. The monoisotopic (exact) mass is 477 g/mol. The lowest BCUT2D eigenvalue weighted by molar-refractivity contribution is 0.0691. The summed E-state index contributed by atoms with van der Waals surface area (Å²) in [7, 11) is 4.82. The van der Waals surface area contributed by atoms with Crippen LogP contribution < -0.4 is 15.0 Å². The third-order valence-corrected chi connectivity index (χ3v) is 6.69. The van der Waals surface area contributed by atoms with Crippen molar-refractivity contribution in [3.63, 3.8) is 0 Å². The number of hydrogen-bond acceptors (Lipinski definition) is 4. The zero-order valence-electron chi connectivity index (χ0n) is 20.5. The number of fused-ring (bicyclic) bond motifs is 2. The number of nitrogens with zero attached hydrogens (tertiary/aromatic N) is 3. The molecule has 182 valence electrons. The SMILES string of the molecule is COc1cc2c(C(=O)N(C(C)C)C3CC3)cn(-c3cc(F)cc4c3ccn4C)c(=O)c2cc1OC. The number of methoxy groups -OCH3 is 2.